The summed E-state index contributed by atoms with van der Waals surface area (Å²) in [6.45, 7) is 2.25. The van der Waals surface area contributed by atoms with Gasteiger partial charge in [0, 0.05) is 0 Å². The normalized spacial score (nSPS) is 10.7. The second-order valence-corrected chi connectivity index (χ2v) is 4.76. The third-order valence-corrected chi connectivity index (χ3v) is 2.96. The van der Waals surface area contributed by atoms with Crippen molar-refractivity contribution in [1.82, 2.24) is 5.43 Å². The number of hydrazone groups is 1. The van der Waals surface area contributed by atoms with Crippen LogP contribution in [0.25, 0.3) is 0 Å². The van der Waals surface area contributed by atoms with Crippen LogP contribution in [-0.2, 0) is 11.2 Å². The van der Waals surface area contributed by atoms with Gasteiger partial charge in [-0.25, -0.2) is 9.82 Å². The molecule has 2 rings (SSSR count). The standard InChI is InChI=1S/C17H17FN2O3/c1-2-23-16-9-13(5-8-15(16)21)11-19-20-17(22)10-12-3-6-14(18)7-4-12/h3-9,11,21H,2,10H2,1H3,(H,20,22)/b19-11+. The highest BCUT2D eigenvalue weighted by molar-refractivity contribution is 5.84. The van der Waals surface area contributed by atoms with Crippen LogP contribution in [0.5, 0.6) is 11.5 Å². The van der Waals surface area contributed by atoms with E-state index >= 15 is 0 Å². The molecule has 0 aromatic heterocycles. The molecular weight excluding hydrogens is 299 g/mol. The quantitative estimate of drug-likeness (QED) is 0.636. The molecular formula is C17H17FN2O3. The van der Waals surface area contributed by atoms with Gasteiger partial charge in [0.15, 0.2) is 11.5 Å². The summed E-state index contributed by atoms with van der Waals surface area (Å²) in [5.41, 5.74) is 3.76. The highest BCUT2D eigenvalue weighted by atomic mass is 19.1. The molecule has 2 aromatic carbocycles. The van der Waals surface area contributed by atoms with Gasteiger partial charge >= 0.3 is 0 Å². The fourth-order valence-corrected chi connectivity index (χ4v) is 1.89. The Morgan fingerprint density at radius 1 is 1.30 bits per heavy atom. The maximum absolute atomic E-state index is 12.8. The number of phenolic OH excluding ortho intramolecular Hbond substituents is 1. The molecule has 0 unspecified atom stereocenters. The topological polar surface area (TPSA) is 70.9 Å². The maximum Gasteiger partial charge on any atom is 0.244 e. The predicted molar refractivity (Wildman–Crippen MR) is 85.1 cm³/mol. The first-order valence-corrected chi connectivity index (χ1v) is 7.10. The SMILES string of the molecule is CCOc1cc(/C=N/NC(=O)Cc2ccc(F)cc2)ccc1O. The summed E-state index contributed by atoms with van der Waals surface area (Å²) in [5, 5.41) is 13.4. The van der Waals surface area contributed by atoms with E-state index in [2.05, 4.69) is 10.5 Å². The van der Waals surface area contributed by atoms with Crippen molar-refractivity contribution in [3.05, 3.63) is 59.4 Å². The minimum Gasteiger partial charge on any atom is -0.504 e. The van der Waals surface area contributed by atoms with E-state index in [1.807, 2.05) is 6.92 Å². The molecule has 120 valence electrons. The minimum absolute atomic E-state index is 0.0457. The monoisotopic (exact) mass is 316 g/mol. The summed E-state index contributed by atoms with van der Waals surface area (Å²) in [5.74, 6) is -0.250. The number of nitrogens with zero attached hydrogens (tertiary/aromatic N) is 1. The van der Waals surface area contributed by atoms with Gasteiger partial charge in [0.2, 0.25) is 5.91 Å². The lowest BCUT2D eigenvalue weighted by molar-refractivity contribution is -0.120. The number of amides is 1. The van der Waals surface area contributed by atoms with Crippen molar-refractivity contribution in [1.29, 1.82) is 0 Å². The summed E-state index contributed by atoms with van der Waals surface area (Å²) in [7, 11) is 0. The van der Waals surface area contributed by atoms with Crippen LogP contribution in [0.3, 0.4) is 0 Å². The van der Waals surface area contributed by atoms with Crippen molar-refractivity contribution in [2.24, 2.45) is 5.10 Å². The summed E-state index contributed by atoms with van der Waals surface area (Å²) in [6.07, 6.45) is 1.56. The van der Waals surface area contributed by atoms with Crippen LogP contribution in [0, 0.1) is 5.82 Å². The van der Waals surface area contributed by atoms with E-state index in [0.717, 1.165) is 0 Å². The van der Waals surface area contributed by atoms with Gasteiger partial charge in [0.25, 0.3) is 0 Å². The average molecular weight is 316 g/mol. The number of halogens is 1. The first-order valence-electron chi connectivity index (χ1n) is 7.10. The number of aromatic hydroxyl groups is 1. The number of hydrogen-bond donors (Lipinski definition) is 2. The van der Waals surface area contributed by atoms with E-state index < -0.39 is 0 Å². The fourth-order valence-electron chi connectivity index (χ4n) is 1.89. The number of carbonyl (C=O) groups is 1. The third kappa shape index (κ3) is 5.10. The van der Waals surface area contributed by atoms with E-state index in [-0.39, 0.29) is 23.9 Å². The number of phenols is 1. The van der Waals surface area contributed by atoms with Gasteiger partial charge in [-0.15, -0.1) is 0 Å². The Labute approximate surface area is 133 Å². The number of carbonyl (C=O) groups excluding carboxylic acids is 1. The van der Waals surface area contributed by atoms with Gasteiger partial charge in [-0.3, -0.25) is 4.79 Å². The van der Waals surface area contributed by atoms with Crippen LogP contribution >= 0.6 is 0 Å². The van der Waals surface area contributed by atoms with E-state index in [9.17, 15) is 14.3 Å². The zero-order valence-corrected chi connectivity index (χ0v) is 12.6. The molecule has 2 aromatic rings. The largest absolute Gasteiger partial charge is 0.504 e. The number of benzene rings is 2. The van der Waals surface area contributed by atoms with Gasteiger partial charge in [-0.2, -0.15) is 5.10 Å². The Bertz CT molecular complexity index is 699. The van der Waals surface area contributed by atoms with Crippen LogP contribution in [-0.4, -0.2) is 23.8 Å². The number of hydrogen-bond acceptors (Lipinski definition) is 4. The Morgan fingerprint density at radius 3 is 2.74 bits per heavy atom. The molecule has 5 nitrogen and oxygen atoms in total. The first kappa shape index (κ1) is 16.5. The van der Waals surface area contributed by atoms with Crippen molar-refractivity contribution in [2.45, 2.75) is 13.3 Å². The fraction of sp³-hybridized carbons (Fsp3) is 0.176. The summed E-state index contributed by atoms with van der Waals surface area (Å²) < 4.78 is 18.0. The lowest BCUT2D eigenvalue weighted by Crippen LogP contribution is -2.19. The molecule has 0 aliphatic rings. The second-order valence-electron chi connectivity index (χ2n) is 4.76. The van der Waals surface area contributed by atoms with E-state index in [0.29, 0.717) is 23.5 Å². The Morgan fingerprint density at radius 2 is 2.04 bits per heavy atom. The predicted octanol–water partition coefficient (Wildman–Crippen LogP) is 2.62. The highest BCUT2D eigenvalue weighted by Crippen LogP contribution is 2.26. The van der Waals surface area contributed by atoms with Crippen LogP contribution in [0.4, 0.5) is 4.39 Å². The lowest BCUT2D eigenvalue weighted by atomic mass is 10.1. The van der Waals surface area contributed by atoms with Gasteiger partial charge in [0.05, 0.1) is 19.2 Å². The molecule has 1 amide bonds. The molecule has 0 saturated heterocycles. The zero-order valence-electron chi connectivity index (χ0n) is 12.6. The molecule has 0 spiro atoms. The van der Waals surface area contributed by atoms with Crippen LogP contribution in [0.1, 0.15) is 18.1 Å². The van der Waals surface area contributed by atoms with Gasteiger partial charge in [0.1, 0.15) is 5.82 Å². The van der Waals surface area contributed by atoms with Crippen molar-refractivity contribution < 1.29 is 19.0 Å². The van der Waals surface area contributed by atoms with Crippen LogP contribution in [0.2, 0.25) is 0 Å². The van der Waals surface area contributed by atoms with Crippen molar-refractivity contribution in [3.63, 3.8) is 0 Å². The molecule has 0 aliphatic carbocycles. The molecule has 6 heteroatoms. The van der Waals surface area contributed by atoms with E-state index in [1.165, 1.54) is 24.4 Å². The molecule has 2 N–H and O–H groups in total. The molecule has 0 fully saturated rings. The molecule has 0 heterocycles. The van der Waals surface area contributed by atoms with Crippen LogP contribution in [0.15, 0.2) is 47.6 Å². The third-order valence-electron chi connectivity index (χ3n) is 2.96. The van der Waals surface area contributed by atoms with Crippen LogP contribution < -0.4 is 10.2 Å². The number of ether oxygens (including phenoxy) is 1. The molecule has 23 heavy (non-hydrogen) atoms. The van der Waals surface area contributed by atoms with E-state index in [1.54, 1.807) is 24.3 Å². The van der Waals surface area contributed by atoms with Crippen molar-refractivity contribution >= 4 is 12.1 Å². The number of nitrogens with one attached hydrogen (secondary N) is 1. The minimum atomic E-state index is -0.343. The van der Waals surface area contributed by atoms with Crippen molar-refractivity contribution in [2.75, 3.05) is 6.61 Å². The smallest absolute Gasteiger partial charge is 0.244 e. The van der Waals surface area contributed by atoms with Crippen molar-refractivity contribution in [3.8, 4) is 11.5 Å². The Balaban J connectivity index is 1.91. The molecule has 0 atom stereocenters. The summed E-state index contributed by atoms with van der Waals surface area (Å²) in [4.78, 5) is 11.7. The molecule has 0 radical (unpaired) electrons. The average Bonchev–Trinajstić information content (AvgIpc) is 2.53. The molecule has 0 saturated carbocycles. The maximum atomic E-state index is 12.8. The second kappa shape index (κ2) is 7.93. The summed E-state index contributed by atoms with van der Waals surface area (Å²) >= 11 is 0. The Kier molecular flexibility index (Phi) is 5.68. The molecule has 0 bridgehead atoms. The van der Waals surface area contributed by atoms with Gasteiger partial charge < -0.3 is 9.84 Å². The van der Waals surface area contributed by atoms with E-state index in [4.69, 9.17) is 4.74 Å². The lowest BCUT2D eigenvalue weighted by Gasteiger charge is -2.06. The summed E-state index contributed by atoms with van der Waals surface area (Å²) in [6, 6.07) is 10.5. The highest BCUT2D eigenvalue weighted by Gasteiger charge is 2.04. The first-order chi connectivity index (χ1) is 11.1. The zero-order chi connectivity index (χ0) is 16.7. The van der Waals surface area contributed by atoms with Gasteiger partial charge in [-0.05, 0) is 48.4 Å². The molecule has 0 aliphatic heterocycles. The number of rotatable bonds is 6. The Hall–Kier alpha value is -2.89. The van der Waals surface area contributed by atoms with Gasteiger partial charge in [-0.1, -0.05) is 12.1 Å².